The van der Waals surface area contributed by atoms with E-state index in [2.05, 4.69) is 25.7 Å². The van der Waals surface area contributed by atoms with Crippen molar-refractivity contribution in [1.29, 1.82) is 0 Å². The van der Waals surface area contributed by atoms with Crippen molar-refractivity contribution in [1.82, 2.24) is 9.80 Å². The molecule has 2 aliphatic rings. The van der Waals surface area contributed by atoms with Gasteiger partial charge in [-0.3, -0.25) is 18.9 Å². The Morgan fingerprint density at radius 3 is 1.85 bits per heavy atom. The number of piperidine rings is 2. The van der Waals surface area contributed by atoms with Crippen molar-refractivity contribution >= 4 is 11.7 Å². The number of alkyl halides is 1. The quantitative estimate of drug-likeness (QED) is 0.763. The van der Waals surface area contributed by atoms with Crippen molar-refractivity contribution in [3.8, 4) is 0 Å². The molecule has 2 fully saturated rings. The molecule has 0 aromatic heterocycles. The zero-order chi connectivity index (χ0) is 19.8. The zero-order valence-electron chi connectivity index (χ0n) is 17.5. The fourth-order valence-corrected chi connectivity index (χ4v) is 4.43. The van der Waals surface area contributed by atoms with E-state index in [1.165, 1.54) is 0 Å². The van der Waals surface area contributed by atoms with Gasteiger partial charge in [0, 0.05) is 30.0 Å². The monoisotopic (exact) mass is 368 g/mol. The molecule has 0 bridgehead atoms. The highest BCUT2D eigenvalue weighted by molar-refractivity contribution is 5.90. The minimum atomic E-state index is -0.898. The topological polar surface area (TPSA) is 40.6 Å². The molecule has 0 N–H and O–H groups in total. The van der Waals surface area contributed by atoms with Gasteiger partial charge in [-0.15, -0.1) is 0 Å². The summed E-state index contributed by atoms with van der Waals surface area (Å²) in [6, 6.07) is 0. The molecule has 5 heteroatoms. The summed E-state index contributed by atoms with van der Waals surface area (Å²) in [6.45, 7) is 14.5. The molecule has 0 atom stereocenters. The molecule has 0 unspecified atom stereocenters. The number of hydrogen-bond acceptors (Lipinski definition) is 3. The summed E-state index contributed by atoms with van der Waals surface area (Å²) >= 11 is 0. The maximum atomic E-state index is 13.8. The maximum absolute atomic E-state index is 13.8. The second-order valence-corrected chi connectivity index (χ2v) is 10.3. The predicted octanol–water partition coefficient (Wildman–Crippen LogP) is 3.69. The lowest BCUT2D eigenvalue weighted by molar-refractivity contribution is -0.147. The highest BCUT2D eigenvalue weighted by Gasteiger charge is 2.47. The zero-order valence-corrected chi connectivity index (χ0v) is 17.5. The predicted molar refractivity (Wildman–Crippen MR) is 103 cm³/mol. The van der Waals surface area contributed by atoms with E-state index in [0.717, 1.165) is 25.9 Å². The third-order valence-electron chi connectivity index (χ3n) is 6.24. The van der Waals surface area contributed by atoms with Crippen molar-refractivity contribution in [3.63, 3.8) is 0 Å². The number of hydrogen-bond donors (Lipinski definition) is 0. The summed E-state index contributed by atoms with van der Waals surface area (Å²) < 4.78 is 13.8. The van der Waals surface area contributed by atoms with Gasteiger partial charge >= 0.3 is 0 Å². The van der Waals surface area contributed by atoms with E-state index in [-0.39, 0.29) is 23.1 Å². The lowest BCUT2D eigenvalue weighted by Crippen LogP contribution is -2.53. The van der Waals surface area contributed by atoms with Gasteiger partial charge in [0.05, 0.1) is 5.41 Å². The molecule has 2 saturated heterocycles. The van der Waals surface area contributed by atoms with Crippen LogP contribution >= 0.6 is 0 Å². The number of amides is 1. The summed E-state index contributed by atoms with van der Waals surface area (Å²) in [4.78, 5) is 29.9. The van der Waals surface area contributed by atoms with Gasteiger partial charge in [0.25, 0.3) is 0 Å². The molecule has 0 spiro atoms. The van der Waals surface area contributed by atoms with Crippen molar-refractivity contribution in [2.45, 2.75) is 72.8 Å². The molecule has 0 aromatic rings. The van der Waals surface area contributed by atoms with Gasteiger partial charge in [-0.25, -0.2) is 0 Å². The molecule has 150 valence electrons. The second kappa shape index (κ2) is 7.57. The van der Waals surface area contributed by atoms with Crippen LogP contribution in [0.5, 0.6) is 0 Å². The van der Waals surface area contributed by atoms with Crippen molar-refractivity contribution < 1.29 is 14.0 Å². The normalized spacial score (nSPS) is 23.1. The lowest BCUT2D eigenvalue weighted by Gasteiger charge is -2.44. The molecule has 0 saturated carbocycles. The highest BCUT2D eigenvalue weighted by atomic mass is 19.1. The molecule has 26 heavy (non-hydrogen) atoms. The van der Waals surface area contributed by atoms with Crippen LogP contribution in [0.25, 0.3) is 0 Å². The first-order valence-electron chi connectivity index (χ1n) is 10.1. The van der Waals surface area contributed by atoms with Crippen LogP contribution < -0.4 is 0 Å². The summed E-state index contributed by atoms with van der Waals surface area (Å²) in [6.07, 6.45) is 2.68. The van der Waals surface area contributed by atoms with Crippen molar-refractivity contribution in [2.24, 2.45) is 16.7 Å². The molecule has 0 aromatic carbocycles. The Kier molecular flexibility index (Phi) is 6.21. The fraction of sp³-hybridized carbons (Fsp3) is 0.905. The fourth-order valence-electron chi connectivity index (χ4n) is 4.43. The van der Waals surface area contributed by atoms with Gasteiger partial charge in [-0.05, 0) is 59.5 Å². The summed E-state index contributed by atoms with van der Waals surface area (Å²) in [7, 11) is 0. The summed E-state index contributed by atoms with van der Waals surface area (Å²) in [5.74, 6) is 0.275. The first-order chi connectivity index (χ1) is 11.9. The second-order valence-electron chi connectivity index (χ2n) is 10.3. The number of rotatable bonds is 3. The number of halogens is 1. The van der Waals surface area contributed by atoms with Crippen LogP contribution in [0.15, 0.2) is 0 Å². The first-order valence-corrected chi connectivity index (χ1v) is 10.1. The number of nitrogens with zero attached hydrogens (tertiary/aromatic N) is 2. The number of carbonyl (C=O) groups is 2. The Bertz CT molecular complexity index is 517. The number of ketones is 1. The minimum absolute atomic E-state index is 0.00177. The lowest BCUT2D eigenvalue weighted by atomic mass is 9.68. The molecule has 2 rings (SSSR count). The molecule has 4 nitrogen and oxygen atoms in total. The highest BCUT2D eigenvalue weighted by Crippen LogP contribution is 2.39. The summed E-state index contributed by atoms with van der Waals surface area (Å²) in [5.41, 5.74) is -1.30. The van der Waals surface area contributed by atoms with Gasteiger partial charge in [-0.2, -0.15) is 0 Å². The van der Waals surface area contributed by atoms with E-state index in [9.17, 15) is 14.0 Å². The maximum Gasteiger partial charge on any atom is 0.225 e. The van der Waals surface area contributed by atoms with Crippen LogP contribution in [0.2, 0.25) is 0 Å². The Labute approximate surface area is 158 Å². The molecular formula is C21H37FN2O2. The van der Waals surface area contributed by atoms with Gasteiger partial charge in [-0.1, -0.05) is 20.8 Å². The van der Waals surface area contributed by atoms with Gasteiger partial charge < -0.3 is 4.90 Å². The largest absolute Gasteiger partial charge is 0.342 e. The van der Waals surface area contributed by atoms with Crippen LogP contribution in [-0.2, 0) is 9.59 Å². The van der Waals surface area contributed by atoms with E-state index < -0.39 is 17.5 Å². The minimum Gasteiger partial charge on any atom is -0.342 e. The Hall–Kier alpha value is -0.970. The Balaban J connectivity index is 1.93. The average molecular weight is 369 g/mol. The van der Waals surface area contributed by atoms with Gasteiger partial charge in [0.15, 0.2) is 0 Å². The van der Waals surface area contributed by atoms with Gasteiger partial charge in [0.1, 0.15) is 12.5 Å². The van der Waals surface area contributed by atoms with Crippen LogP contribution in [-0.4, -0.2) is 59.9 Å². The molecule has 0 aliphatic carbocycles. The Morgan fingerprint density at radius 2 is 1.46 bits per heavy atom. The van der Waals surface area contributed by atoms with Crippen molar-refractivity contribution in [3.05, 3.63) is 0 Å². The summed E-state index contributed by atoms with van der Waals surface area (Å²) in [5, 5.41) is 0. The van der Waals surface area contributed by atoms with Crippen LogP contribution in [0.4, 0.5) is 4.39 Å². The van der Waals surface area contributed by atoms with Crippen LogP contribution in [0, 0.1) is 16.7 Å². The first kappa shape index (κ1) is 21.3. The van der Waals surface area contributed by atoms with E-state index in [0.29, 0.717) is 25.9 Å². The molecule has 2 heterocycles. The van der Waals surface area contributed by atoms with E-state index in [1.54, 1.807) is 0 Å². The van der Waals surface area contributed by atoms with E-state index in [4.69, 9.17) is 0 Å². The van der Waals surface area contributed by atoms with Crippen LogP contribution in [0.3, 0.4) is 0 Å². The van der Waals surface area contributed by atoms with Crippen LogP contribution in [0.1, 0.15) is 67.2 Å². The van der Waals surface area contributed by atoms with E-state index >= 15 is 0 Å². The molecule has 0 radical (unpaired) electrons. The third-order valence-corrected chi connectivity index (χ3v) is 6.24. The Morgan fingerprint density at radius 1 is 0.962 bits per heavy atom. The van der Waals surface area contributed by atoms with E-state index in [1.807, 2.05) is 25.7 Å². The molecule has 2 aliphatic heterocycles. The third kappa shape index (κ3) is 4.47. The van der Waals surface area contributed by atoms with Gasteiger partial charge in [0.2, 0.25) is 5.91 Å². The standard InChI is InChI=1S/C21H37FN2O2/c1-19(2,3)18(26)21(15-22)9-13-23(14-10-21)17(25)16-7-11-24(12-8-16)20(4,5)6/h16H,7-15H2,1-6H3. The van der Waals surface area contributed by atoms with Crippen molar-refractivity contribution in [2.75, 3.05) is 32.9 Å². The molecular weight excluding hydrogens is 331 g/mol. The molecule has 1 amide bonds. The smallest absolute Gasteiger partial charge is 0.225 e. The average Bonchev–Trinajstić information content (AvgIpc) is 2.59. The number of carbonyl (C=O) groups excluding carboxylic acids is 2. The SMILES string of the molecule is CC(C)(C)C(=O)C1(CF)CCN(C(=O)C2CCN(C(C)(C)C)CC2)CC1. The number of likely N-dealkylation sites (tertiary alicyclic amines) is 2. The number of Topliss-reactive ketones (excluding diaryl/α,β-unsaturated/α-hetero) is 1.